The number of carbonyl (C=O) groups excluding carboxylic acids is 1. The minimum Gasteiger partial charge on any atom is -0.376 e. The average Bonchev–Trinajstić information content (AvgIpc) is 3.59. The lowest BCUT2D eigenvalue weighted by molar-refractivity contribution is -0.137. The van der Waals surface area contributed by atoms with Crippen molar-refractivity contribution < 1.29 is 27.2 Å². The summed E-state index contributed by atoms with van der Waals surface area (Å²) in [5.41, 5.74) is -0.127. The molecule has 1 amide bonds. The quantitative estimate of drug-likeness (QED) is 0.480. The van der Waals surface area contributed by atoms with Crippen LogP contribution < -0.4 is 0 Å². The number of thioether (sulfide) groups is 1. The third kappa shape index (κ3) is 4.40. The molecule has 0 spiro atoms. The molecule has 0 N–H and O–H groups in total. The zero-order chi connectivity index (χ0) is 23.9. The second-order valence-electron chi connectivity index (χ2n) is 8.66. The Kier molecular flexibility index (Phi) is 6.28. The SMILES string of the molecule is Cc1noc2nc(-c3ccccc3C(F)(F)F)cc(C(=O)N(CC3CCCO3)C3CCSC3)c12. The molecule has 5 rings (SSSR count). The van der Waals surface area contributed by atoms with Crippen molar-refractivity contribution in [3.8, 4) is 11.3 Å². The number of carbonyl (C=O) groups is 1. The predicted molar refractivity (Wildman–Crippen MR) is 123 cm³/mol. The van der Waals surface area contributed by atoms with Crippen molar-refractivity contribution in [2.24, 2.45) is 0 Å². The van der Waals surface area contributed by atoms with E-state index in [2.05, 4.69) is 10.1 Å². The van der Waals surface area contributed by atoms with E-state index in [0.29, 0.717) is 24.2 Å². The first kappa shape index (κ1) is 23.2. The minimum absolute atomic E-state index is 0.0257. The van der Waals surface area contributed by atoms with Crippen molar-refractivity contribution in [1.82, 2.24) is 15.0 Å². The standard InChI is InChI=1S/C24H24F3N3O3S/c1-14-21-18(23(31)30(15-8-10-34-13-15)12-16-5-4-9-32-16)11-20(28-22(21)33-29-14)17-6-2-3-7-19(17)24(25,26)27/h2-3,6-7,11,15-16H,4-5,8-10,12-13H2,1H3. The Hall–Kier alpha value is -2.59. The fourth-order valence-corrected chi connectivity index (χ4v) is 5.91. The van der Waals surface area contributed by atoms with Gasteiger partial charge in [0.2, 0.25) is 0 Å². The molecule has 4 heterocycles. The number of ether oxygens (including phenoxy) is 1. The van der Waals surface area contributed by atoms with Gasteiger partial charge in [-0.2, -0.15) is 24.9 Å². The largest absolute Gasteiger partial charge is 0.417 e. The fraction of sp³-hybridized carbons (Fsp3) is 0.458. The highest BCUT2D eigenvalue weighted by Gasteiger charge is 2.36. The van der Waals surface area contributed by atoms with Gasteiger partial charge in [-0.25, -0.2) is 4.98 Å². The summed E-state index contributed by atoms with van der Waals surface area (Å²) in [4.78, 5) is 20.1. The Morgan fingerprint density at radius 1 is 1.26 bits per heavy atom. The molecule has 0 bridgehead atoms. The van der Waals surface area contributed by atoms with Gasteiger partial charge in [0.15, 0.2) is 0 Å². The van der Waals surface area contributed by atoms with E-state index in [1.54, 1.807) is 18.7 Å². The van der Waals surface area contributed by atoms with Crippen LogP contribution in [0.4, 0.5) is 13.2 Å². The molecule has 10 heteroatoms. The molecule has 2 unspecified atom stereocenters. The molecule has 0 aliphatic carbocycles. The first-order chi connectivity index (χ1) is 16.3. The van der Waals surface area contributed by atoms with Crippen LogP contribution in [0.15, 0.2) is 34.9 Å². The van der Waals surface area contributed by atoms with Crippen LogP contribution in [0.25, 0.3) is 22.4 Å². The van der Waals surface area contributed by atoms with Crippen molar-refractivity contribution in [2.45, 2.75) is 44.5 Å². The number of aryl methyl sites for hydroxylation is 1. The van der Waals surface area contributed by atoms with Crippen LogP contribution >= 0.6 is 11.8 Å². The second kappa shape index (κ2) is 9.22. The molecule has 180 valence electrons. The first-order valence-corrected chi connectivity index (χ1v) is 12.4. The number of alkyl halides is 3. The molecule has 3 aromatic rings. The summed E-state index contributed by atoms with van der Waals surface area (Å²) in [5, 5.41) is 4.38. The molecule has 2 aliphatic rings. The van der Waals surface area contributed by atoms with Crippen LogP contribution in [0, 0.1) is 6.92 Å². The molecule has 1 aromatic carbocycles. The summed E-state index contributed by atoms with van der Waals surface area (Å²) in [7, 11) is 0. The third-order valence-corrected chi connectivity index (χ3v) is 7.53. The van der Waals surface area contributed by atoms with Crippen molar-refractivity contribution >= 4 is 28.8 Å². The van der Waals surface area contributed by atoms with E-state index in [-0.39, 0.29) is 40.6 Å². The summed E-state index contributed by atoms with van der Waals surface area (Å²) in [5.74, 6) is 1.52. The van der Waals surface area contributed by atoms with Gasteiger partial charge in [0.25, 0.3) is 11.6 Å². The van der Waals surface area contributed by atoms with E-state index < -0.39 is 11.7 Å². The Morgan fingerprint density at radius 3 is 2.79 bits per heavy atom. The number of benzene rings is 1. The van der Waals surface area contributed by atoms with E-state index in [1.165, 1.54) is 24.3 Å². The van der Waals surface area contributed by atoms with E-state index in [9.17, 15) is 18.0 Å². The smallest absolute Gasteiger partial charge is 0.376 e. The number of hydrogen-bond donors (Lipinski definition) is 0. The number of halogens is 3. The molecule has 2 fully saturated rings. The van der Waals surface area contributed by atoms with Crippen LogP contribution in [0.5, 0.6) is 0 Å². The molecule has 0 saturated carbocycles. The van der Waals surface area contributed by atoms with Crippen LogP contribution in [0.2, 0.25) is 0 Å². The molecular formula is C24H24F3N3O3S. The summed E-state index contributed by atoms with van der Waals surface area (Å²) in [6, 6.07) is 6.69. The Balaban J connectivity index is 1.62. The number of nitrogens with zero attached hydrogens (tertiary/aromatic N) is 3. The highest BCUT2D eigenvalue weighted by molar-refractivity contribution is 7.99. The third-order valence-electron chi connectivity index (χ3n) is 6.39. The van der Waals surface area contributed by atoms with Crippen molar-refractivity contribution in [3.05, 3.63) is 47.2 Å². The highest BCUT2D eigenvalue weighted by atomic mass is 32.2. The Morgan fingerprint density at radius 2 is 2.09 bits per heavy atom. The Bertz CT molecular complexity index is 1200. The van der Waals surface area contributed by atoms with Crippen LogP contribution in [-0.2, 0) is 10.9 Å². The molecule has 2 aliphatic heterocycles. The normalized spacial score (nSPS) is 20.8. The molecule has 2 atom stereocenters. The van der Waals surface area contributed by atoms with E-state index >= 15 is 0 Å². The lowest BCUT2D eigenvalue weighted by atomic mass is 9.99. The molecule has 2 aromatic heterocycles. The van der Waals surface area contributed by atoms with Crippen LogP contribution in [0.3, 0.4) is 0 Å². The number of fused-ring (bicyclic) bond motifs is 1. The number of amides is 1. The minimum atomic E-state index is -4.57. The van der Waals surface area contributed by atoms with Crippen LogP contribution in [0.1, 0.15) is 40.9 Å². The zero-order valence-electron chi connectivity index (χ0n) is 18.6. The highest BCUT2D eigenvalue weighted by Crippen LogP contribution is 2.38. The molecular weight excluding hydrogens is 467 g/mol. The molecule has 6 nitrogen and oxygen atoms in total. The number of rotatable bonds is 5. The van der Waals surface area contributed by atoms with Gasteiger partial charge in [0, 0.05) is 30.5 Å². The van der Waals surface area contributed by atoms with Gasteiger partial charge in [-0.05, 0) is 44.1 Å². The molecule has 34 heavy (non-hydrogen) atoms. The van der Waals surface area contributed by atoms with E-state index in [4.69, 9.17) is 9.26 Å². The van der Waals surface area contributed by atoms with Crippen LogP contribution in [-0.4, -0.2) is 57.8 Å². The lowest BCUT2D eigenvalue weighted by Gasteiger charge is -2.31. The van der Waals surface area contributed by atoms with E-state index in [1.807, 2.05) is 4.90 Å². The summed E-state index contributed by atoms with van der Waals surface area (Å²) >= 11 is 1.79. The molecule has 0 radical (unpaired) electrons. The van der Waals surface area contributed by atoms with Crippen molar-refractivity contribution in [3.63, 3.8) is 0 Å². The van der Waals surface area contributed by atoms with Gasteiger partial charge in [-0.1, -0.05) is 23.4 Å². The van der Waals surface area contributed by atoms with Gasteiger partial charge in [0.05, 0.1) is 34.0 Å². The second-order valence-corrected chi connectivity index (χ2v) is 9.81. The average molecular weight is 492 g/mol. The summed E-state index contributed by atoms with van der Waals surface area (Å²) < 4.78 is 52.3. The zero-order valence-corrected chi connectivity index (χ0v) is 19.4. The maximum Gasteiger partial charge on any atom is 0.417 e. The van der Waals surface area contributed by atoms with Crippen molar-refractivity contribution in [1.29, 1.82) is 0 Å². The fourth-order valence-electron chi connectivity index (χ4n) is 4.68. The predicted octanol–water partition coefficient (Wildman–Crippen LogP) is 5.34. The van der Waals surface area contributed by atoms with Gasteiger partial charge in [0.1, 0.15) is 0 Å². The topological polar surface area (TPSA) is 68.5 Å². The van der Waals surface area contributed by atoms with Crippen molar-refractivity contribution in [2.75, 3.05) is 24.7 Å². The lowest BCUT2D eigenvalue weighted by Crippen LogP contribution is -2.44. The summed E-state index contributed by atoms with van der Waals surface area (Å²) in [6.07, 6.45) is -1.91. The van der Waals surface area contributed by atoms with Gasteiger partial charge in [-0.3, -0.25) is 4.79 Å². The molecule has 2 saturated heterocycles. The first-order valence-electron chi connectivity index (χ1n) is 11.3. The maximum absolute atomic E-state index is 14.0. The van der Waals surface area contributed by atoms with E-state index in [0.717, 1.165) is 36.8 Å². The number of hydrogen-bond acceptors (Lipinski definition) is 6. The number of pyridine rings is 1. The van der Waals surface area contributed by atoms with Gasteiger partial charge < -0.3 is 14.2 Å². The monoisotopic (exact) mass is 491 g/mol. The summed E-state index contributed by atoms with van der Waals surface area (Å²) in [6.45, 7) is 2.82. The number of aromatic nitrogens is 2. The van der Waals surface area contributed by atoms with Gasteiger partial charge >= 0.3 is 6.18 Å². The Labute approximate surface area is 198 Å². The maximum atomic E-state index is 14.0. The van der Waals surface area contributed by atoms with Gasteiger partial charge in [-0.15, -0.1) is 0 Å².